The van der Waals surface area contributed by atoms with Crippen molar-refractivity contribution in [2.24, 2.45) is 0 Å². The summed E-state index contributed by atoms with van der Waals surface area (Å²) in [4.78, 5) is 0. The lowest BCUT2D eigenvalue weighted by molar-refractivity contribution is 0.365. The third-order valence-corrected chi connectivity index (χ3v) is 1.86. The van der Waals surface area contributed by atoms with Gasteiger partial charge < -0.3 is 14.3 Å². The van der Waals surface area contributed by atoms with Crippen LogP contribution in [0.2, 0.25) is 0 Å². The van der Waals surface area contributed by atoms with Crippen LogP contribution >= 0.6 is 0 Å². The van der Waals surface area contributed by atoms with E-state index < -0.39 is 0 Å². The van der Waals surface area contributed by atoms with Gasteiger partial charge in [-0.15, -0.1) is 0 Å². The van der Waals surface area contributed by atoms with Gasteiger partial charge in [-0.25, -0.2) is 0 Å². The maximum absolute atomic E-state index is 5.17. The molecule has 2 aromatic rings. The van der Waals surface area contributed by atoms with Gasteiger partial charge in [0.15, 0.2) is 5.76 Å². The molecular weight excluding hydrogens is 180 g/mol. The normalized spacial score (nSPS) is 10.6. The first-order valence-electron chi connectivity index (χ1n) is 4.50. The molecule has 0 aliphatic rings. The van der Waals surface area contributed by atoms with Crippen LogP contribution < -0.4 is 5.32 Å². The van der Waals surface area contributed by atoms with E-state index in [4.69, 9.17) is 8.94 Å². The molecule has 0 fully saturated rings. The van der Waals surface area contributed by atoms with Gasteiger partial charge in [0.25, 0.3) is 0 Å². The van der Waals surface area contributed by atoms with Crippen LogP contribution in [-0.4, -0.2) is 5.16 Å². The van der Waals surface area contributed by atoms with E-state index in [2.05, 4.69) is 10.5 Å². The smallest absolute Gasteiger partial charge is 0.150 e. The zero-order valence-electron chi connectivity index (χ0n) is 7.99. The molecule has 2 rings (SSSR count). The molecule has 74 valence electrons. The number of hydrogen-bond acceptors (Lipinski definition) is 4. The highest BCUT2D eigenvalue weighted by atomic mass is 16.5. The van der Waals surface area contributed by atoms with Crippen LogP contribution in [0.4, 0.5) is 0 Å². The lowest BCUT2D eigenvalue weighted by atomic mass is 10.4. The summed E-state index contributed by atoms with van der Waals surface area (Å²) in [6, 6.07) is 5.71. The van der Waals surface area contributed by atoms with Gasteiger partial charge in [-0.05, 0) is 19.1 Å². The number of nitrogens with one attached hydrogen (secondary N) is 1. The number of rotatable bonds is 4. The molecule has 2 heterocycles. The van der Waals surface area contributed by atoms with Crippen LogP contribution in [0.15, 0.2) is 33.4 Å². The molecule has 0 bridgehead atoms. The molecule has 2 aromatic heterocycles. The average Bonchev–Trinajstić information content (AvgIpc) is 2.77. The first-order chi connectivity index (χ1) is 6.84. The van der Waals surface area contributed by atoms with Gasteiger partial charge in [-0.2, -0.15) is 0 Å². The Labute approximate surface area is 81.9 Å². The second-order valence-corrected chi connectivity index (χ2v) is 3.12. The minimum Gasteiger partial charge on any atom is -0.468 e. The number of furan rings is 1. The van der Waals surface area contributed by atoms with Gasteiger partial charge in [0.1, 0.15) is 5.76 Å². The van der Waals surface area contributed by atoms with Gasteiger partial charge in [0.05, 0.1) is 25.0 Å². The zero-order valence-corrected chi connectivity index (χ0v) is 7.99. The molecule has 0 aliphatic heterocycles. The molecule has 14 heavy (non-hydrogen) atoms. The Hall–Kier alpha value is -1.55. The summed E-state index contributed by atoms with van der Waals surface area (Å²) in [6.07, 6.45) is 1.66. The summed E-state index contributed by atoms with van der Waals surface area (Å²) in [5, 5.41) is 6.98. The fraction of sp³-hybridized carbons (Fsp3) is 0.300. The Morgan fingerprint density at radius 3 is 2.86 bits per heavy atom. The average molecular weight is 192 g/mol. The van der Waals surface area contributed by atoms with E-state index in [1.807, 2.05) is 25.1 Å². The van der Waals surface area contributed by atoms with Gasteiger partial charge >= 0.3 is 0 Å². The van der Waals surface area contributed by atoms with E-state index in [1.54, 1.807) is 6.26 Å². The summed E-state index contributed by atoms with van der Waals surface area (Å²) in [5.74, 6) is 1.76. The molecule has 0 atom stereocenters. The predicted octanol–water partition coefficient (Wildman–Crippen LogP) is 1.87. The van der Waals surface area contributed by atoms with E-state index in [0.29, 0.717) is 13.1 Å². The summed E-state index contributed by atoms with van der Waals surface area (Å²) < 4.78 is 10.2. The van der Waals surface area contributed by atoms with Crippen molar-refractivity contribution < 1.29 is 8.94 Å². The molecule has 0 aliphatic carbocycles. The Morgan fingerprint density at radius 2 is 2.21 bits per heavy atom. The van der Waals surface area contributed by atoms with Crippen molar-refractivity contribution in [3.8, 4) is 0 Å². The van der Waals surface area contributed by atoms with E-state index in [0.717, 1.165) is 17.2 Å². The molecule has 4 nitrogen and oxygen atoms in total. The van der Waals surface area contributed by atoms with Crippen molar-refractivity contribution >= 4 is 0 Å². The fourth-order valence-electron chi connectivity index (χ4n) is 1.22. The molecule has 0 saturated carbocycles. The summed E-state index contributed by atoms with van der Waals surface area (Å²) in [7, 11) is 0. The van der Waals surface area contributed by atoms with E-state index >= 15 is 0 Å². The molecule has 0 aromatic carbocycles. The Balaban J connectivity index is 1.78. The number of hydrogen-bond donors (Lipinski definition) is 1. The lowest BCUT2D eigenvalue weighted by Gasteiger charge is -1.97. The van der Waals surface area contributed by atoms with Crippen LogP contribution in [0.5, 0.6) is 0 Å². The van der Waals surface area contributed by atoms with Crippen molar-refractivity contribution in [2.45, 2.75) is 20.0 Å². The van der Waals surface area contributed by atoms with Crippen molar-refractivity contribution in [3.63, 3.8) is 0 Å². The van der Waals surface area contributed by atoms with Crippen LogP contribution in [-0.2, 0) is 13.1 Å². The topological polar surface area (TPSA) is 51.2 Å². The van der Waals surface area contributed by atoms with Crippen molar-refractivity contribution in [1.82, 2.24) is 10.5 Å². The van der Waals surface area contributed by atoms with Gasteiger partial charge in [0.2, 0.25) is 0 Å². The number of nitrogens with zero attached hydrogens (tertiary/aromatic N) is 1. The van der Waals surface area contributed by atoms with Gasteiger partial charge in [-0.3, -0.25) is 0 Å². The quantitative estimate of drug-likeness (QED) is 0.803. The molecular formula is C10H12N2O2. The Kier molecular flexibility index (Phi) is 2.65. The molecule has 0 spiro atoms. The minimum absolute atomic E-state index is 0.668. The second kappa shape index (κ2) is 4.11. The molecule has 4 heteroatoms. The predicted molar refractivity (Wildman–Crippen MR) is 50.5 cm³/mol. The first kappa shape index (κ1) is 9.02. The van der Waals surface area contributed by atoms with Crippen molar-refractivity contribution in [2.75, 3.05) is 0 Å². The van der Waals surface area contributed by atoms with Gasteiger partial charge in [0, 0.05) is 6.07 Å². The second-order valence-electron chi connectivity index (χ2n) is 3.12. The highest BCUT2D eigenvalue weighted by Crippen LogP contribution is 2.03. The van der Waals surface area contributed by atoms with Gasteiger partial charge in [-0.1, -0.05) is 5.16 Å². The summed E-state index contributed by atoms with van der Waals surface area (Å²) in [6.45, 7) is 3.27. The number of aromatic nitrogens is 1. The summed E-state index contributed by atoms with van der Waals surface area (Å²) in [5.41, 5.74) is 0.903. The molecule has 1 N–H and O–H groups in total. The third kappa shape index (κ3) is 2.23. The monoisotopic (exact) mass is 192 g/mol. The first-order valence-corrected chi connectivity index (χ1v) is 4.50. The molecule has 0 saturated heterocycles. The van der Waals surface area contributed by atoms with Crippen molar-refractivity contribution in [3.05, 3.63) is 41.7 Å². The van der Waals surface area contributed by atoms with Crippen LogP contribution in [0.25, 0.3) is 0 Å². The number of aryl methyl sites for hydroxylation is 1. The van der Waals surface area contributed by atoms with E-state index in [1.165, 1.54) is 0 Å². The highest BCUT2D eigenvalue weighted by molar-refractivity contribution is 5.03. The van der Waals surface area contributed by atoms with Crippen molar-refractivity contribution in [1.29, 1.82) is 0 Å². The maximum Gasteiger partial charge on any atom is 0.150 e. The maximum atomic E-state index is 5.17. The molecule has 0 amide bonds. The van der Waals surface area contributed by atoms with Crippen LogP contribution in [0.1, 0.15) is 17.2 Å². The standard InChI is InChI=1S/C10H12N2O2/c1-8-5-10(14-12-8)7-11-6-9-3-2-4-13-9/h2-5,11H,6-7H2,1H3. The lowest BCUT2D eigenvalue weighted by Crippen LogP contribution is -2.11. The van der Waals surface area contributed by atoms with E-state index in [9.17, 15) is 0 Å². The summed E-state index contributed by atoms with van der Waals surface area (Å²) >= 11 is 0. The third-order valence-electron chi connectivity index (χ3n) is 1.86. The highest BCUT2D eigenvalue weighted by Gasteiger charge is 2.00. The largest absolute Gasteiger partial charge is 0.468 e. The fourth-order valence-corrected chi connectivity index (χ4v) is 1.22. The zero-order chi connectivity index (χ0) is 9.80. The molecule has 0 unspecified atom stereocenters. The molecule has 0 radical (unpaired) electrons. The Morgan fingerprint density at radius 1 is 1.36 bits per heavy atom. The van der Waals surface area contributed by atoms with Crippen LogP contribution in [0.3, 0.4) is 0 Å². The van der Waals surface area contributed by atoms with Crippen LogP contribution in [0, 0.1) is 6.92 Å². The van der Waals surface area contributed by atoms with E-state index in [-0.39, 0.29) is 0 Å². The Bertz CT molecular complexity index is 378. The SMILES string of the molecule is Cc1cc(CNCc2ccco2)on1. The minimum atomic E-state index is 0.668.